The summed E-state index contributed by atoms with van der Waals surface area (Å²) in [5.41, 5.74) is -1.30. The number of nitrogens with one attached hydrogen (secondary N) is 1. The number of para-hydroxylation sites is 1. The Kier molecular flexibility index (Phi) is 5.49. The molecule has 0 saturated carbocycles. The molecule has 110 valence electrons. The van der Waals surface area contributed by atoms with E-state index in [2.05, 4.69) is 5.32 Å². The molecule has 1 aromatic rings. The van der Waals surface area contributed by atoms with Crippen molar-refractivity contribution in [3.63, 3.8) is 0 Å². The summed E-state index contributed by atoms with van der Waals surface area (Å²) in [7, 11) is 0. The lowest BCUT2D eigenvalue weighted by molar-refractivity contribution is -0.146. The lowest BCUT2D eigenvalue weighted by Gasteiger charge is -2.20. The predicted octanol–water partition coefficient (Wildman–Crippen LogP) is 1.96. The minimum atomic E-state index is -1.30. The highest BCUT2D eigenvalue weighted by Gasteiger charge is 2.28. The van der Waals surface area contributed by atoms with Crippen LogP contribution in [0, 0.1) is 5.82 Å². The quantitative estimate of drug-likeness (QED) is 0.750. The fourth-order valence-corrected chi connectivity index (χ4v) is 1.44. The molecule has 0 bridgehead atoms. The topological polar surface area (TPSA) is 75.6 Å². The van der Waals surface area contributed by atoms with Crippen molar-refractivity contribution in [2.45, 2.75) is 32.2 Å². The second kappa shape index (κ2) is 6.88. The summed E-state index contributed by atoms with van der Waals surface area (Å²) < 4.78 is 18.4. The van der Waals surface area contributed by atoms with Crippen molar-refractivity contribution in [3.05, 3.63) is 30.1 Å². The normalized spacial score (nSPS) is 10.9. The molecule has 0 saturated heterocycles. The van der Waals surface area contributed by atoms with E-state index in [4.69, 9.17) is 9.84 Å². The molecule has 1 amide bonds. The number of halogens is 1. The number of hydrogen-bond acceptors (Lipinski definition) is 3. The van der Waals surface area contributed by atoms with Gasteiger partial charge in [-0.2, -0.15) is 0 Å². The molecule has 1 aromatic carbocycles. The third kappa shape index (κ3) is 4.87. The first kappa shape index (κ1) is 15.9. The van der Waals surface area contributed by atoms with Crippen LogP contribution < -0.4 is 10.1 Å². The van der Waals surface area contributed by atoms with Gasteiger partial charge in [-0.3, -0.25) is 4.79 Å². The Balaban J connectivity index is 2.30. The molecule has 0 aromatic heterocycles. The molecule has 2 N–H and O–H groups in total. The Bertz CT molecular complexity index is 488. The second-order valence-corrected chi connectivity index (χ2v) is 4.86. The summed E-state index contributed by atoms with van der Waals surface area (Å²) in [6.45, 7) is 2.99. The highest BCUT2D eigenvalue weighted by molar-refractivity contribution is 5.86. The molecule has 0 aliphatic carbocycles. The third-order valence-electron chi connectivity index (χ3n) is 2.63. The minimum absolute atomic E-state index is 0.116. The Hall–Kier alpha value is -2.11. The first-order chi connectivity index (χ1) is 9.33. The lowest BCUT2D eigenvalue weighted by Crippen LogP contribution is -2.49. The van der Waals surface area contributed by atoms with Crippen LogP contribution in [-0.2, 0) is 9.59 Å². The number of benzene rings is 1. The standard InChI is InChI=1S/C14H18FNO4/c1-14(2,13(18)19)16-12(17)8-5-9-20-11-7-4-3-6-10(11)15/h3-4,6-7H,5,8-9H2,1-2H3,(H,16,17)(H,18,19). The highest BCUT2D eigenvalue weighted by atomic mass is 19.1. The van der Waals surface area contributed by atoms with E-state index in [9.17, 15) is 14.0 Å². The Labute approximate surface area is 116 Å². The number of carbonyl (C=O) groups is 2. The molecule has 0 aliphatic rings. The van der Waals surface area contributed by atoms with Crippen molar-refractivity contribution in [2.24, 2.45) is 0 Å². The fourth-order valence-electron chi connectivity index (χ4n) is 1.44. The lowest BCUT2D eigenvalue weighted by atomic mass is 10.1. The van der Waals surface area contributed by atoms with Gasteiger partial charge in [-0.15, -0.1) is 0 Å². The van der Waals surface area contributed by atoms with Gasteiger partial charge in [0, 0.05) is 6.42 Å². The average Bonchev–Trinajstić information content (AvgIpc) is 2.35. The summed E-state index contributed by atoms with van der Waals surface area (Å²) in [6, 6.07) is 6.00. The zero-order valence-corrected chi connectivity index (χ0v) is 11.5. The van der Waals surface area contributed by atoms with Crippen molar-refractivity contribution in [3.8, 4) is 5.75 Å². The van der Waals surface area contributed by atoms with E-state index in [0.29, 0.717) is 6.42 Å². The molecule has 0 unspecified atom stereocenters. The van der Waals surface area contributed by atoms with Gasteiger partial charge >= 0.3 is 5.97 Å². The maximum Gasteiger partial charge on any atom is 0.328 e. The summed E-state index contributed by atoms with van der Waals surface area (Å²) in [6.07, 6.45) is 0.487. The first-order valence-electron chi connectivity index (χ1n) is 6.24. The van der Waals surface area contributed by atoms with Crippen LogP contribution in [0.25, 0.3) is 0 Å². The van der Waals surface area contributed by atoms with Crippen molar-refractivity contribution in [1.82, 2.24) is 5.32 Å². The van der Waals surface area contributed by atoms with E-state index in [-0.39, 0.29) is 24.7 Å². The Morgan fingerprint density at radius 3 is 2.60 bits per heavy atom. The molecular formula is C14H18FNO4. The Morgan fingerprint density at radius 2 is 2.00 bits per heavy atom. The van der Waals surface area contributed by atoms with Crippen LogP contribution in [0.3, 0.4) is 0 Å². The molecule has 0 spiro atoms. The number of carboxylic acids is 1. The average molecular weight is 283 g/mol. The third-order valence-corrected chi connectivity index (χ3v) is 2.63. The van der Waals surface area contributed by atoms with Gasteiger partial charge in [0.05, 0.1) is 6.61 Å². The molecule has 1 rings (SSSR count). The smallest absolute Gasteiger partial charge is 0.328 e. The minimum Gasteiger partial charge on any atom is -0.491 e. The van der Waals surface area contributed by atoms with Gasteiger partial charge in [-0.05, 0) is 32.4 Å². The van der Waals surface area contributed by atoms with Gasteiger partial charge in [0.1, 0.15) is 5.54 Å². The summed E-state index contributed by atoms with van der Waals surface area (Å²) >= 11 is 0. The van der Waals surface area contributed by atoms with Crippen LogP contribution in [0.1, 0.15) is 26.7 Å². The largest absolute Gasteiger partial charge is 0.491 e. The number of amides is 1. The van der Waals surface area contributed by atoms with Crippen LogP contribution in [0.5, 0.6) is 5.75 Å². The number of ether oxygens (including phenoxy) is 1. The summed E-state index contributed by atoms with van der Waals surface area (Å²) in [5.74, 6) is -1.80. The number of rotatable bonds is 7. The van der Waals surface area contributed by atoms with Gasteiger partial charge in [0.15, 0.2) is 11.6 Å². The first-order valence-corrected chi connectivity index (χ1v) is 6.24. The van der Waals surface area contributed by atoms with E-state index < -0.39 is 17.3 Å². The van der Waals surface area contributed by atoms with Crippen LogP contribution in [-0.4, -0.2) is 29.1 Å². The maximum absolute atomic E-state index is 13.2. The highest BCUT2D eigenvalue weighted by Crippen LogP contribution is 2.15. The van der Waals surface area contributed by atoms with Crippen molar-refractivity contribution in [2.75, 3.05) is 6.61 Å². The van der Waals surface area contributed by atoms with Crippen LogP contribution in [0.2, 0.25) is 0 Å². The molecule has 0 fully saturated rings. The number of carboxylic acid groups (broad SMARTS) is 1. The monoisotopic (exact) mass is 283 g/mol. The van der Waals surface area contributed by atoms with Gasteiger partial charge < -0.3 is 15.2 Å². The van der Waals surface area contributed by atoms with Gasteiger partial charge in [-0.1, -0.05) is 12.1 Å². The molecule has 0 radical (unpaired) electrons. The van der Waals surface area contributed by atoms with Crippen LogP contribution >= 0.6 is 0 Å². The second-order valence-electron chi connectivity index (χ2n) is 4.86. The van der Waals surface area contributed by atoms with Crippen LogP contribution in [0.4, 0.5) is 4.39 Å². The number of hydrogen-bond donors (Lipinski definition) is 2. The fraction of sp³-hybridized carbons (Fsp3) is 0.429. The maximum atomic E-state index is 13.2. The molecule has 0 heterocycles. The zero-order valence-electron chi connectivity index (χ0n) is 11.5. The van der Waals surface area contributed by atoms with E-state index in [1.165, 1.54) is 26.0 Å². The van der Waals surface area contributed by atoms with E-state index in [1.54, 1.807) is 12.1 Å². The summed E-state index contributed by atoms with van der Waals surface area (Å²) in [4.78, 5) is 22.4. The zero-order chi connectivity index (χ0) is 15.2. The van der Waals surface area contributed by atoms with E-state index in [0.717, 1.165) is 0 Å². The van der Waals surface area contributed by atoms with E-state index in [1.807, 2.05) is 0 Å². The summed E-state index contributed by atoms with van der Waals surface area (Å²) in [5, 5.41) is 11.3. The van der Waals surface area contributed by atoms with Gasteiger partial charge in [0.2, 0.25) is 5.91 Å². The SMILES string of the molecule is CC(C)(NC(=O)CCCOc1ccccc1F)C(=O)O. The van der Waals surface area contributed by atoms with E-state index >= 15 is 0 Å². The molecule has 6 heteroatoms. The molecular weight excluding hydrogens is 265 g/mol. The number of aliphatic carboxylic acids is 1. The molecule has 5 nitrogen and oxygen atoms in total. The molecule has 0 aliphatic heterocycles. The van der Waals surface area contributed by atoms with Crippen molar-refractivity contribution < 1.29 is 23.8 Å². The Morgan fingerprint density at radius 1 is 1.35 bits per heavy atom. The molecule has 0 atom stereocenters. The van der Waals surface area contributed by atoms with Crippen molar-refractivity contribution >= 4 is 11.9 Å². The van der Waals surface area contributed by atoms with Gasteiger partial charge in [0.25, 0.3) is 0 Å². The van der Waals surface area contributed by atoms with Crippen molar-refractivity contribution in [1.29, 1.82) is 0 Å². The van der Waals surface area contributed by atoms with Gasteiger partial charge in [-0.25, -0.2) is 9.18 Å². The molecule has 20 heavy (non-hydrogen) atoms. The number of carbonyl (C=O) groups excluding carboxylic acids is 1. The predicted molar refractivity (Wildman–Crippen MR) is 71.0 cm³/mol. The van der Waals surface area contributed by atoms with Crippen LogP contribution in [0.15, 0.2) is 24.3 Å².